The molecule has 2 N–H and O–H groups in total. The second-order valence-corrected chi connectivity index (χ2v) is 4.50. The normalized spacial score (nSPS) is 11.1. The van der Waals surface area contributed by atoms with Gasteiger partial charge in [0.2, 0.25) is 0 Å². The van der Waals surface area contributed by atoms with Gasteiger partial charge in [0.15, 0.2) is 5.76 Å². The van der Waals surface area contributed by atoms with E-state index in [1.54, 1.807) is 0 Å². The largest absolute Gasteiger partial charge is 0.477 e. The monoisotopic (exact) mass is 256 g/mol. The second kappa shape index (κ2) is 3.98. The van der Waals surface area contributed by atoms with Crippen LogP contribution in [-0.2, 0) is 0 Å². The molecule has 0 unspecified atom stereocenters. The highest BCUT2D eigenvalue weighted by atomic mass is 16.5. The molecule has 1 aromatic carbocycles. The first-order chi connectivity index (χ1) is 9.09. The van der Waals surface area contributed by atoms with Crippen LogP contribution >= 0.6 is 0 Å². The lowest BCUT2D eigenvalue weighted by Gasteiger charge is -2.01. The van der Waals surface area contributed by atoms with Gasteiger partial charge in [-0.1, -0.05) is 17.3 Å². The lowest BCUT2D eigenvalue weighted by molar-refractivity contribution is 0.0697. The van der Waals surface area contributed by atoms with Crippen molar-refractivity contribution in [3.63, 3.8) is 0 Å². The lowest BCUT2D eigenvalue weighted by atomic mass is 10.0. The van der Waals surface area contributed by atoms with Gasteiger partial charge >= 0.3 is 5.97 Å². The van der Waals surface area contributed by atoms with E-state index in [1.807, 2.05) is 32.0 Å². The quantitative estimate of drug-likeness (QED) is 0.738. The standard InChI is InChI=1S/C14H12N2O3/c1-7-4-3-5-10-11(7)12(8(2)16-10)13-9(14(17)18)6-15-19-13/h3-6,16H,1-2H3,(H,17,18). The van der Waals surface area contributed by atoms with E-state index in [4.69, 9.17) is 4.52 Å². The van der Waals surface area contributed by atoms with Crippen LogP contribution in [-0.4, -0.2) is 21.2 Å². The molecule has 0 saturated heterocycles. The van der Waals surface area contributed by atoms with Crippen molar-refractivity contribution in [3.05, 3.63) is 41.2 Å². The average Bonchev–Trinajstić information content (AvgIpc) is 2.92. The highest BCUT2D eigenvalue weighted by Crippen LogP contribution is 2.35. The van der Waals surface area contributed by atoms with Crippen molar-refractivity contribution in [2.45, 2.75) is 13.8 Å². The molecule has 0 aliphatic carbocycles. The van der Waals surface area contributed by atoms with Gasteiger partial charge in [-0.25, -0.2) is 4.79 Å². The van der Waals surface area contributed by atoms with E-state index in [2.05, 4.69) is 10.1 Å². The summed E-state index contributed by atoms with van der Waals surface area (Å²) in [5, 5.41) is 13.8. The van der Waals surface area contributed by atoms with Gasteiger partial charge in [-0.05, 0) is 25.5 Å². The number of hydrogen-bond donors (Lipinski definition) is 2. The molecule has 5 heteroatoms. The first-order valence-electron chi connectivity index (χ1n) is 5.86. The molecule has 0 amide bonds. The summed E-state index contributed by atoms with van der Waals surface area (Å²) < 4.78 is 5.16. The molecule has 96 valence electrons. The van der Waals surface area contributed by atoms with Gasteiger partial charge < -0.3 is 14.6 Å². The zero-order valence-corrected chi connectivity index (χ0v) is 10.5. The smallest absolute Gasteiger partial charge is 0.341 e. The third-order valence-electron chi connectivity index (χ3n) is 3.25. The summed E-state index contributed by atoms with van der Waals surface area (Å²) in [7, 11) is 0. The fraction of sp³-hybridized carbons (Fsp3) is 0.143. The summed E-state index contributed by atoms with van der Waals surface area (Å²) in [4.78, 5) is 14.4. The van der Waals surface area contributed by atoms with Crippen LogP contribution in [0.25, 0.3) is 22.2 Å². The topological polar surface area (TPSA) is 79.1 Å². The molecule has 0 aliphatic heterocycles. The Morgan fingerprint density at radius 1 is 1.37 bits per heavy atom. The van der Waals surface area contributed by atoms with Gasteiger partial charge in [-0.15, -0.1) is 0 Å². The van der Waals surface area contributed by atoms with Crippen molar-refractivity contribution >= 4 is 16.9 Å². The fourth-order valence-corrected chi connectivity index (χ4v) is 2.41. The Balaban J connectivity index is 2.39. The Labute approximate surface area is 108 Å². The van der Waals surface area contributed by atoms with Crippen LogP contribution in [0.1, 0.15) is 21.6 Å². The zero-order chi connectivity index (χ0) is 13.6. The SMILES string of the molecule is Cc1[nH]c2cccc(C)c2c1-c1oncc1C(=O)O. The summed E-state index contributed by atoms with van der Waals surface area (Å²) in [6, 6.07) is 5.89. The summed E-state index contributed by atoms with van der Waals surface area (Å²) >= 11 is 0. The van der Waals surface area contributed by atoms with E-state index in [9.17, 15) is 9.90 Å². The molecular weight excluding hydrogens is 244 g/mol. The maximum absolute atomic E-state index is 11.2. The molecule has 2 heterocycles. The number of carbonyl (C=O) groups is 1. The summed E-state index contributed by atoms with van der Waals surface area (Å²) in [5.41, 5.74) is 3.73. The Hall–Kier alpha value is -2.56. The van der Waals surface area contributed by atoms with Crippen LogP contribution in [0.4, 0.5) is 0 Å². The number of aromatic carboxylic acids is 1. The van der Waals surface area contributed by atoms with Crippen LogP contribution in [0.3, 0.4) is 0 Å². The van der Waals surface area contributed by atoms with Gasteiger partial charge in [0.05, 0.1) is 6.20 Å². The number of H-pyrrole nitrogens is 1. The molecular formula is C14H12N2O3. The van der Waals surface area contributed by atoms with Crippen molar-refractivity contribution in [1.82, 2.24) is 10.1 Å². The van der Waals surface area contributed by atoms with Crippen LogP contribution in [0.15, 0.2) is 28.9 Å². The molecule has 5 nitrogen and oxygen atoms in total. The van der Waals surface area contributed by atoms with Crippen LogP contribution in [0, 0.1) is 13.8 Å². The van der Waals surface area contributed by atoms with Gasteiger partial charge in [-0.3, -0.25) is 0 Å². The number of benzene rings is 1. The van der Waals surface area contributed by atoms with E-state index in [0.717, 1.165) is 27.7 Å². The Morgan fingerprint density at radius 2 is 2.16 bits per heavy atom. The van der Waals surface area contributed by atoms with E-state index < -0.39 is 5.97 Å². The Kier molecular flexibility index (Phi) is 2.41. The summed E-state index contributed by atoms with van der Waals surface area (Å²) in [6.45, 7) is 3.87. The van der Waals surface area contributed by atoms with Gasteiger partial charge in [0.1, 0.15) is 5.56 Å². The predicted molar refractivity (Wildman–Crippen MR) is 70.2 cm³/mol. The van der Waals surface area contributed by atoms with Gasteiger partial charge in [0.25, 0.3) is 0 Å². The van der Waals surface area contributed by atoms with Crippen LogP contribution in [0.2, 0.25) is 0 Å². The number of carboxylic acids is 1. The number of carboxylic acid groups (broad SMARTS) is 1. The van der Waals surface area contributed by atoms with Crippen LogP contribution in [0.5, 0.6) is 0 Å². The molecule has 0 saturated carbocycles. The number of aromatic amines is 1. The van der Waals surface area contributed by atoms with E-state index >= 15 is 0 Å². The molecule has 0 radical (unpaired) electrons. The first-order valence-corrected chi connectivity index (χ1v) is 5.86. The Morgan fingerprint density at radius 3 is 2.89 bits per heavy atom. The number of aromatic nitrogens is 2. The van der Waals surface area contributed by atoms with Crippen molar-refractivity contribution < 1.29 is 14.4 Å². The number of rotatable bonds is 2. The summed E-state index contributed by atoms with van der Waals surface area (Å²) in [6.07, 6.45) is 1.23. The maximum atomic E-state index is 11.2. The highest BCUT2D eigenvalue weighted by molar-refractivity contribution is 6.03. The minimum atomic E-state index is -1.04. The molecule has 19 heavy (non-hydrogen) atoms. The summed E-state index contributed by atoms with van der Waals surface area (Å²) in [5.74, 6) is -0.746. The molecule has 0 aliphatic rings. The molecule has 0 atom stereocenters. The van der Waals surface area contributed by atoms with Crippen molar-refractivity contribution in [3.8, 4) is 11.3 Å². The third kappa shape index (κ3) is 1.62. The van der Waals surface area contributed by atoms with Crippen LogP contribution < -0.4 is 0 Å². The first kappa shape index (κ1) is 11.5. The number of nitrogens with zero attached hydrogens (tertiary/aromatic N) is 1. The molecule has 2 aromatic heterocycles. The fourth-order valence-electron chi connectivity index (χ4n) is 2.41. The molecule has 3 rings (SSSR count). The van der Waals surface area contributed by atoms with E-state index in [1.165, 1.54) is 6.20 Å². The van der Waals surface area contributed by atoms with Crippen molar-refractivity contribution in [2.75, 3.05) is 0 Å². The lowest BCUT2D eigenvalue weighted by Crippen LogP contribution is -1.96. The highest BCUT2D eigenvalue weighted by Gasteiger charge is 2.22. The van der Waals surface area contributed by atoms with Crippen molar-refractivity contribution in [2.24, 2.45) is 0 Å². The number of hydrogen-bond acceptors (Lipinski definition) is 3. The average molecular weight is 256 g/mol. The van der Waals surface area contributed by atoms with E-state index in [-0.39, 0.29) is 5.56 Å². The predicted octanol–water partition coefficient (Wildman–Crippen LogP) is 3.14. The van der Waals surface area contributed by atoms with Gasteiger partial charge in [-0.2, -0.15) is 0 Å². The maximum Gasteiger partial charge on any atom is 0.341 e. The second-order valence-electron chi connectivity index (χ2n) is 4.50. The number of fused-ring (bicyclic) bond motifs is 1. The zero-order valence-electron chi connectivity index (χ0n) is 10.5. The van der Waals surface area contributed by atoms with Gasteiger partial charge in [0, 0.05) is 22.2 Å². The molecule has 0 bridgehead atoms. The minimum absolute atomic E-state index is 0.0762. The van der Waals surface area contributed by atoms with Crippen molar-refractivity contribution in [1.29, 1.82) is 0 Å². The molecule has 0 fully saturated rings. The number of nitrogens with one attached hydrogen (secondary N) is 1. The molecule has 3 aromatic rings. The Bertz CT molecular complexity index is 783. The minimum Gasteiger partial charge on any atom is -0.477 e. The van der Waals surface area contributed by atoms with E-state index in [0.29, 0.717) is 5.76 Å². The number of aryl methyl sites for hydroxylation is 2. The third-order valence-corrected chi connectivity index (χ3v) is 3.25. The molecule has 0 spiro atoms.